The van der Waals surface area contributed by atoms with Gasteiger partial charge in [-0.15, -0.1) is 11.3 Å². The number of rotatable bonds is 3. The van der Waals surface area contributed by atoms with E-state index >= 15 is 0 Å². The number of nitrogens with zero attached hydrogens (tertiary/aromatic N) is 2. The molecule has 3 aromatic rings. The Morgan fingerprint density at radius 1 is 1.11 bits per heavy atom. The molecule has 0 aliphatic heterocycles. The van der Waals surface area contributed by atoms with Crippen molar-refractivity contribution in [1.82, 2.24) is 9.97 Å². The molecule has 2 heterocycles. The quantitative estimate of drug-likeness (QED) is 0.783. The minimum Gasteiger partial charge on any atom is -0.324 e. The van der Waals surface area contributed by atoms with Gasteiger partial charge in [0.2, 0.25) is 0 Å². The van der Waals surface area contributed by atoms with E-state index in [4.69, 9.17) is 5.73 Å². The Morgan fingerprint density at radius 2 is 2.06 bits per heavy atom. The van der Waals surface area contributed by atoms with Crippen molar-refractivity contribution < 1.29 is 0 Å². The molecule has 0 aliphatic carbocycles. The van der Waals surface area contributed by atoms with Gasteiger partial charge in [-0.25, -0.2) is 4.98 Å². The summed E-state index contributed by atoms with van der Waals surface area (Å²) < 4.78 is 0. The van der Waals surface area contributed by atoms with E-state index in [0.717, 1.165) is 27.9 Å². The Hall–Kier alpha value is -1.78. The lowest BCUT2D eigenvalue weighted by atomic mass is 10.00. The zero-order chi connectivity index (χ0) is 12.4. The van der Waals surface area contributed by atoms with Gasteiger partial charge in [0.15, 0.2) is 0 Å². The van der Waals surface area contributed by atoms with Gasteiger partial charge in [0.05, 0.1) is 10.5 Å². The fourth-order valence-electron chi connectivity index (χ4n) is 2.10. The molecule has 3 nitrogen and oxygen atoms in total. The molecule has 1 atom stereocenters. The van der Waals surface area contributed by atoms with Crippen molar-refractivity contribution in [2.45, 2.75) is 12.5 Å². The van der Waals surface area contributed by atoms with Gasteiger partial charge < -0.3 is 5.73 Å². The first-order valence-corrected chi connectivity index (χ1v) is 6.70. The van der Waals surface area contributed by atoms with E-state index in [0.29, 0.717) is 0 Å². The first-order chi connectivity index (χ1) is 8.84. The van der Waals surface area contributed by atoms with Crippen molar-refractivity contribution in [2.75, 3.05) is 0 Å². The molecule has 3 rings (SSSR count). The Balaban J connectivity index is 1.98. The predicted octanol–water partition coefficient (Wildman–Crippen LogP) is 2.93. The van der Waals surface area contributed by atoms with E-state index < -0.39 is 0 Å². The summed E-state index contributed by atoms with van der Waals surface area (Å²) in [5.74, 6) is 0. The normalized spacial score (nSPS) is 12.7. The highest BCUT2D eigenvalue weighted by Gasteiger charge is 2.11. The first kappa shape index (κ1) is 11.3. The van der Waals surface area contributed by atoms with Crippen LogP contribution in [0, 0.1) is 0 Å². The molecule has 2 aromatic heterocycles. The fraction of sp³-hybridized carbons (Fsp3) is 0.143. The fourth-order valence-corrected chi connectivity index (χ4v) is 2.78. The zero-order valence-corrected chi connectivity index (χ0v) is 10.6. The lowest BCUT2D eigenvalue weighted by molar-refractivity contribution is 0.724. The van der Waals surface area contributed by atoms with Crippen molar-refractivity contribution in [2.24, 2.45) is 5.73 Å². The monoisotopic (exact) mass is 255 g/mol. The molecule has 0 spiro atoms. The summed E-state index contributed by atoms with van der Waals surface area (Å²) in [5.41, 5.74) is 8.42. The van der Waals surface area contributed by atoms with Gasteiger partial charge in [-0.1, -0.05) is 18.2 Å². The summed E-state index contributed by atoms with van der Waals surface area (Å²) in [6, 6.07) is 10.1. The average molecular weight is 255 g/mol. The van der Waals surface area contributed by atoms with Crippen molar-refractivity contribution in [3.63, 3.8) is 0 Å². The van der Waals surface area contributed by atoms with Crippen LogP contribution in [0.25, 0.3) is 10.9 Å². The molecule has 0 fully saturated rings. The molecule has 0 saturated heterocycles. The topological polar surface area (TPSA) is 51.8 Å². The number of hydrogen-bond acceptors (Lipinski definition) is 4. The van der Waals surface area contributed by atoms with Gasteiger partial charge >= 0.3 is 0 Å². The van der Waals surface area contributed by atoms with Crippen LogP contribution in [-0.4, -0.2) is 9.97 Å². The number of nitrogens with two attached hydrogens (primary N) is 1. The molecule has 0 saturated carbocycles. The Bertz CT molecular complexity index is 644. The third kappa shape index (κ3) is 2.12. The summed E-state index contributed by atoms with van der Waals surface area (Å²) in [7, 11) is 0. The van der Waals surface area contributed by atoms with Crippen molar-refractivity contribution in [3.8, 4) is 0 Å². The summed E-state index contributed by atoms with van der Waals surface area (Å²) in [4.78, 5) is 8.64. The number of fused-ring (bicyclic) bond motifs is 1. The summed E-state index contributed by atoms with van der Waals surface area (Å²) in [5, 5.41) is 4.18. The molecule has 0 bridgehead atoms. The smallest absolute Gasteiger partial charge is 0.0943 e. The van der Waals surface area contributed by atoms with Crippen LogP contribution < -0.4 is 5.73 Å². The predicted molar refractivity (Wildman–Crippen MR) is 74.5 cm³/mol. The van der Waals surface area contributed by atoms with E-state index in [1.807, 2.05) is 29.8 Å². The molecule has 90 valence electrons. The maximum absolute atomic E-state index is 6.29. The van der Waals surface area contributed by atoms with Gasteiger partial charge in [-0.05, 0) is 17.7 Å². The van der Waals surface area contributed by atoms with E-state index in [-0.39, 0.29) is 6.04 Å². The maximum Gasteiger partial charge on any atom is 0.0943 e. The van der Waals surface area contributed by atoms with Gasteiger partial charge in [0, 0.05) is 35.6 Å². The lowest BCUT2D eigenvalue weighted by Gasteiger charge is -2.13. The minimum atomic E-state index is -0.0379. The molecule has 4 heteroatoms. The SMILES string of the molecule is NC(Cc1nccs1)c1cccc2ncccc12. The number of thiazole rings is 1. The Morgan fingerprint density at radius 3 is 2.89 bits per heavy atom. The van der Waals surface area contributed by atoms with E-state index in [9.17, 15) is 0 Å². The Kier molecular flexibility index (Phi) is 3.04. The van der Waals surface area contributed by atoms with Crippen LogP contribution in [0.1, 0.15) is 16.6 Å². The summed E-state index contributed by atoms with van der Waals surface area (Å²) >= 11 is 1.64. The Labute approximate surface area is 109 Å². The summed E-state index contributed by atoms with van der Waals surface area (Å²) in [6.45, 7) is 0. The van der Waals surface area contributed by atoms with Crippen molar-refractivity contribution in [3.05, 3.63) is 58.7 Å². The first-order valence-electron chi connectivity index (χ1n) is 5.82. The van der Waals surface area contributed by atoms with Crippen molar-refractivity contribution >= 4 is 22.2 Å². The van der Waals surface area contributed by atoms with Gasteiger partial charge in [-0.3, -0.25) is 4.98 Å². The summed E-state index contributed by atoms with van der Waals surface area (Å²) in [6.07, 6.45) is 4.39. The molecule has 18 heavy (non-hydrogen) atoms. The van der Waals surface area contributed by atoms with E-state index in [1.165, 1.54) is 0 Å². The number of hydrogen-bond donors (Lipinski definition) is 1. The molecular weight excluding hydrogens is 242 g/mol. The van der Waals surface area contributed by atoms with Crippen LogP contribution in [0.5, 0.6) is 0 Å². The average Bonchev–Trinajstić information content (AvgIpc) is 2.91. The van der Waals surface area contributed by atoms with Crippen LogP contribution in [-0.2, 0) is 6.42 Å². The molecule has 1 unspecified atom stereocenters. The molecule has 0 aliphatic rings. The second kappa shape index (κ2) is 4.84. The second-order valence-electron chi connectivity index (χ2n) is 4.15. The van der Waals surface area contributed by atoms with Gasteiger partial charge in [0.1, 0.15) is 0 Å². The van der Waals surface area contributed by atoms with E-state index in [1.54, 1.807) is 17.5 Å². The van der Waals surface area contributed by atoms with Crippen molar-refractivity contribution in [1.29, 1.82) is 0 Å². The maximum atomic E-state index is 6.29. The lowest BCUT2D eigenvalue weighted by Crippen LogP contribution is -2.13. The van der Waals surface area contributed by atoms with E-state index in [2.05, 4.69) is 22.1 Å². The van der Waals surface area contributed by atoms with Crippen LogP contribution >= 0.6 is 11.3 Å². The largest absolute Gasteiger partial charge is 0.324 e. The van der Waals surface area contributed by atoms with Gasteiger partial charge in [-0.2, -0.15) is 0 Å². The number of aromatic nitrogens is 2. The molecule has 2 N–H and O–H groups in total. The highest BCUT2D eigenvalue weighted by molar-refractivity contribution is 7.09. The third-order valence-corrected chi connectivity index (χ3v) is 3.76. The highest BCUT2D eigenvalue weighted by Crippen LogP contribution is 2.24. The van der Waals surface area contributed by atoms with Crippen LogP contribution in [0.15, 0.2) is 48.1 Å². The highest BCUT2D eigenvalue weighted by atomic mass is 32.1. The zero-order valence-electron chi connectivity index (χ0n) is 9.78. The number of pyridine rings is 1. The number of benzene rings is 1. The third-order valence-electron chi connectivity index (χ3n) is 2.96. The molecule has 0 radical (unpaired) electrons. The molecule has 0 amide bonds. The molecule has 1 aromatic carbocycles. The minimum absolute atomic E-state index is 0.0379. The van der Waals surface area contributed by atoms with Crippen LogP contribution in [0.2, 0.25) is 0 Å². The van der Waals surface area contributed by atoms with Gasteiger partial charge in [0.25, 0.3) is 0 Å². The van der Waals surface area contributed by atoms with Crippen LogP contribution in [0.4, 0.5) is 0 Å². The standard InChI is InChI=1S/C14H13N3S/c15-12(9-14-17-7-8-18-14)10-3-1-5-13-11(10)4-2-6-16-13/h1-8,12H,9,15H2. The van der Waals surface area contributed by atoms with Crippen LogP contribution in [0.3, 0.4) is 0 Å². The molecular formula is C14H13N3S. The second-order valence-corrected chi connectivity index (χ2v) is 5.13.